The zero-order chi connectivity index (χ0) is 44.9. The van der Waals surface area contributed by atoms with Crippen molar-refractivity contribution < 1.29 is 34.8 Å². The van der Waals surface area contributed by atoms with Crippen LogP contribution in [0.3, 0.4) is 0 Å². The quantitative estimate of drug-likeness (QED) is 0.151. The van der Waals surface area contributed by atoms with Crippen molar-refractivity contribution in [3.8, 4) is 0 Å². The molecule has 0 spiro atoms. The van der Waals surface area contributed by atoms with Crippen LogP contribution in [-0.2, 0) is 34.0 Å². The highest BCUT2D eigenvalue weighted by Gasteiger charge is 2.29. The molecule has 10 nitrogen and oxygen atoms in total. The summed E-state index contributed by atoms with van der Waals surface area (Å²) in [7, 11) is 13.4. The number of rotatable bonds is 14. The summed E-state index contributed by atoms with van der Waals surface area (Å²) in [4.78, 5) is 30.0. The SMILES string of the molecule is C[N+](C)(Cc1ccccc1)c1ccccc1.C[N+](C)(Cc1ccccc1)c1ccccc1.C[N+](C)(Cc1ccccc1)c1ccccc1.O=C([O-])CC(O)(CC(=O)[O-])C(=O)[O-]. The highest BCUT2D eigenvalue weighted by molar-refractivity contribution is 5.86. The maximum Gasteiger partial charge on any atom is 0.132 e. The van der Waals surface area contributed by atoms with E-state index in [-0.39, 0.29) is 0 Å². The number of hydrogen-bond acceptors (Lipinski definition) is 7. The van der Waals surface area contributed by atoms with E-state index in [2.05, 4.69) is 224 Å². The van der Waals surface area contributed by atoms with Crippen molar-refractivity contribution in [2.75, 3.05) is 42.3 Å². The van der Waals surface area contributed by atoms with Gasteiger partial charge in [0.15, 0.2) is 0 Å². The lowest BCUT2D eigenvalue weighted by Crippen LogP contribution is -2.54. The summed E-state index contributed by atoms with van der Waals surface area (Å²) >= 11 is 0. The van der Waals surface area contributed by atoms with Gasteiger partial charge in [0.25, 0.3) is 0 Å². The molecule has 0 amide bonds. The number of aliphatic hydroxyl groups is 1. The topological polar surface area (TPSA) is 141 Å². The van der Waals surface area contributed by atoms with Crippen LogP contribution in [0, 0.1) is 0 Å². The van der Waals surface area contributed by atoms with Gasteiger partial charge in [-0.3, -0.25) is 13.4 Å². The Morgan fingerprint density at radius 3 is 0.770 bits per heavy atom. The molecular weight excluding hydrogens is 767 g/mol. The van der Waals surface area contributed by atoms with Gasteiger partial charge in [0.2, 0.25) is 0 Å². The first kappa shape index (κ1) is 48.9. The second-order valence-corrected chi connectivity index (χ2v) is 16.4. The molecule has 61 heavy (non-hydrogen) atoms. The number of carbonyl (C=O) groups is 3. The van der Waals surface area contributed by atoms with E-state index >= 15 is 0 Å². The van der Waals surface area contributed by atoms with E-state index in [0.717, 1.165) is 33.1 Å². The fourth-order valence-corrected chi connectivity index (χ4v) is 6.57. The van der Waals surface area contributed by atoms with E-state index in [1.54, 1.807) is 0 Å². The number of carboxylic acid groups (broad SMARTS) is 3. The molecule has 0 unspecified atom stereocenters. The Kier molecular flexibility index (Phi) is 18.8. The van der Waals surface area contributed by atoms with E-state index in [1.807, 2.05) is 0 Å². The molecule has 0 bridgehead atoms. The Morgan fingerprint density at radius 2 is 0.590 bits per heavy atom. The van der Waals surface area contributed by atoms with Crippen LogP contribution in [0.15, 0.2) is 182 Å². The molecule has 6 aromatic carbocycles. The van der Waals surface area contributed by atoms with E-state index in [0.29, 0.717) is 0 Å². The van der Waals surface area contributed by atoms with Crippen LogP contribution in [0.2, 0.25) is 0 Å². The van der Waals surface area contributed by atoms with Gasteiger partial charge >= 0.3 is 0 Å². The van der Waals surface area contributed by atoms with E-state index in [4.69, 9.17) is 5.11 Å². The van der Waals surface area contributed by atoms with Crippen LogP contribution in [-0.4, -0.2) is 70.9 Å². The molecule has 1 N–H and O–H groups in total. The maximum atomic E-state index is 10.1. The zero-order valence-electron chi connectivity index (χ0n) is 36.1. The fourth-order valence-electron chi connectivity index (χ4n) is 6.57. The van der Waals surface area contributed by atoms with Crippen LogP contribution in [0.5, 0.6) is 0 Å². The summed E-state index contributed by atoms with van der Waals surface area (Å²) < 4.78 is 2.64. The molecule has 320 valence electrons. The van der Waals surface area contributed by atoms with Gasteiger partial charge < -0.3 is 34.8 Å². The number of nitrogens with zero attached hydrogens (tertiary/aromatic N) is 3. The van der Waals surface area contributed by atoms with Crippen molar-refractivity contribution in [1.29, 1.82) is 0 Å². The van der Waals surface area contributed by atoms with Crippen molar-refractivity contribution in [3.63, 3.8) is 0 Å². The van der Waals surface area contributed by atoms with E-state index < -0.39 is 36.4 Å². The van der Waals surface area contributed by atoms with Crippen molar-refractivity contribution in [2.24, 2.45) is 0 Å². The normalized spacial score (nSPS) is 11.3. The minimum Gasteiger partial charge on any atom is -0.550 e. The van der Waals surface area contributed by atoms with Gasteiger partial charge in [-0.25, -0.2) is 0 Å². The Hall–Kier alpha value is -6.43. The van der Waals surface area contributed by atoms with Gasteiger partial charge in [0.05, 0.1) is 48.3 Å². The number of hydrogen-bond donors (Lipinski definition) is 1. The van der Waals surface area contributed by atoms with Crippen LogP contribution in [0.4, 0.5) is 17.1 Å². The Balaban J connectivity index is 0.000000218. The number of aliphatic carboxylic acids is 3. The van der Waals surface area contributed by atoms with Crippen molar-refractivity contribution >= 4 is 35.0 Å². The lowest BCUT2D eigenvalue weighted by Gasteiger charge is -2.29. The van der Waals surface area contributed by atoms with Gasteiger partial charge in [-0.1, -0.05) is 146 Å². The lowest BCUT2D eigenvalue weighted by molar-refractivity contribution is -0.339. The molecule has 0 aliphatic heterocycles. The third kappa shape index (κ3) is 17.4. The average molecular weight is 826 g/mol. The van der Waals surface area contributed by atoms with E-state index in [9.17, 15) is 29.7 Å². The number of quaternary nitrogens is 3. The van der Waals surface area contributed by atoms with Crippen molar-refractivity contribution in [2.45, 2.75) is 38.1 Å². The molecule has 0 fully saturated rings. The summed E-state index contributed by atoms with van der Waals surface area (Å²) in [5, 5.41) is 38.9. The Bertz CT molecular complexity index is 1960. The standard InChI is InChI=1S/3C15H18N.C6H8O7/c3*1-16(2,15-11-7-4-8-12-15)13-14-9-5-3-6-10-14;7-3(8)1-6(13,5(11)12)2-4(9)10/h3*3-12H,13H2,1-2H3;13H,1-2H2,(H,7,8)(H,9,10)(H,11,12)/q3*+1;/p-3. The van der Waals surface area contributed by atoms with Crippen molar-refractivity contribution in [3.05, 3.63) is 199 Å². The third-order valence-corrected chi connectivity index (χ3v) is 9.88. The number of carboxylic acids is 3. The van der Waals surface area contributed by atoms with Gasteiger partial charge in [0, 0.05) is 41.5 Å². The minimum atomic E-state index is -2.97. The zero-order valence-corrected chi connectivity index (χ0v) is 36.1. The summed E-state index contributed by atoms with van der Waals surface area (Å²) in [5.74, 6) is -5.98. The molecular formula is C51H59N3O7. The van der Waals surface area contributed by atoms with Gasteiger partial charge in [0.1, 0.15) is 42.3 Å². The van der Waals surface area contributed by atoms with Gasteiger partial charge in [-0.2, -0.15) is 0 Å². The first-order chi connectivity index (χ1) is 28.8. The molecule has 0 aromatic heterocycles. The number of carbonyl (C=O) groups excluding carboxylic acids is 3. The molecule has 10 heteroatoms. The Morgan fingerprint density at radius 1 is 0.393 bits per heavy atom. The summed E-state index contributed by atoms with van der Waals surface area (Å²) in [6.45, 7) is 3.06. The highest BCUT2D eigenvalue weighted by atomic mass is 16.4. The molecule has 0 saturated heterocycles. The predicted molar refractivity (Wildman–Crippen MR) is 240 cm³/mol. The molecule has 6 rings (SSSR count). The van der Waals surface area contributed by atoms with Crippen molar-refractivity contribution in [1.82, 2.24) is 13.4 Å². The molecule has 0 radical (unpaired) electrons. The smallest absolute Gasteiger partial charge is 0.132 e. The molecule has 0 heterocycles. The van der Waals surface area contributed by atoms with Crippen LogP contribution < -0.4 is 28.8 Å². The lowest BCUT2D eigenvalue weighted by atomic mass is 9.96. The molecule has 0 saturated carbocycles. The third-order valence-electron chi connectivity index (χ3n) is 9.88. The van der Waals surface area contributed by atoms with Gasteiger partial charge in [-0.15, -0.1) is 0 Å². The summed E-state index contributed by atoms with van der Waals surface area (Å²) in [6, 6.07) is 63.7. The molecule has 0 aliphatic rings. The maximum absolute atomic E-state index is 10.1. The highest BCUT2D eigenvalue weighted by Crippen LogP contribution is 2.23. The van der Waals surface area contributed by atoms with Crippen LogP contribution >= 0.6 is 0 Å². The van der Waals surface area contributed by atoms with Crippen LogP contribution in [0.1, 0.15) is 29.5 Å². The minimum absolute atomic E-state index is 0.880. The predicted octanol–water partition coefficient (Wildman–Crippen LogP) is 5.11. The molecule has 0 atom stereocenters. The molecule has 0 aliphatic carbocycles. The monoisotopic (exact) mass is 825 g/mol. The Labute approximate surface area is 361 Å². The summed E-state index contributed by atoms with van der Waals surface area (Å²) in [6.07, 6.45) is -2.72. The summed E-state index contributed by atoms with van der Waals surface area (Å²) in [5.41, 5.74) is 5.16. The number of para-hydroxylation sites is 3. The van der Waals surface area contributed by atoms with E-state index in [1.165, 1.54) is 33.8 Å². The fraction of sp³-hybridized carbons (Fsp3) is 0.235. The second kappa shape index (κ2) is 23.4. The average Bonchev–Trinajstić information content (AvgIpc) is 3.23. The van der Waals surface area contributed by atoms with Crippen LogP contribution in [0.25, 0.3) is 0 Å². The first-order valence-corrected chi connectivity index (χ1v) is 19.9. The van der Waals surface area contributed by atoms with Gasteiger partial charge in [-0.05, 0) is 36.4 Å². The molecule has 6 aromatic rings. The largest absolute Gasteiger partial charge is 0.550 e. The second-order valence-electron chi connectivity index (χ2n) is 16.4. The number of benzene rings is 6. The first-order valence-electron chi connectivity index (χ1n) is 19.9.